The maximum absolute atomic E-state index is 14.9. The third-order valence-corrected chi connectivity index (χ3v) is 22.3. The molecule has 3 aliphatic heterocycles. The number of aliphatic imine (C=N–C) groups is 3. The van der Waals surface area contributed by atoms with E-state index in [0.29, 0.717) is 34.9 Å². The minimum absolute atomic E-state index is 0.00651. The molecule has 23 nitrogen and oxygen atoms in total. The second-order valence-electron chi connectivity index (χ2n) is 26.0. The van der Waals surface area contributed by atoms with Crippen molar-refractivity contribution >= 4 is 103 Å². The zero-order chi connectivity index (χ0) is 76.6. The summed E-state index contributed by atoms with van der Waals surface area (Å²) < 4.78 is 189. The van der Waals surface area contributed by atoms with Gasteiger partial charge < -0.3 is 30.4 Å². The average Bonchev–Trinajstić information content (AvgIpc) is 0.736. The number of alkyl carbamates (subject to hydrolysis) is 1. The van der Waals surface area contributed by atoms with Crippen LogP contribution in [0.1, 0.15) is 132 Å². The fraction of sp³-hybridized carbons (Fsp3) is 0.364. The molecule has 545 valence electrons. The number of amides is 1. The van der Waals surface area contributed by atoms with Crippen LogP contribution in [-0.2, 0) is 65.6 Å². The van der Waals surface area contributed by atoms with Gasteiger partial charge in [0, 0.05) is 56.0 Å². The van der Waals surface area contributed by atoms with Gasteiger partial charge in [0.2, 0.25) is 47.9 Å². The van der Waals surface area contributed by atoms with Crippen LogP contribution in [0.25, 0.3) is 0 Å². The molecule has 0 saturated heterocycles. The monoisotopic (exact) mass is 1550 g/mol. The van der Waals surface area contributed by atoms with E-state index in [4.69, 9.17) is 25.7 Å². The molecule has 6 aromatic rings. The maximum atomic E-state index is 14.9. The fourth-order valence-electron chi connectivity index (χ4n) is 10.6. The Hall–Kier alpha value is -8.54. The summed E-state index contributed by atoms with van der Waals surface area (Å²) >= 11 is 6.21. The normalized spacial score (nSPS) is 21.9. The minimum atomic E-state index is -4.20. The van der Waals surface area contributed by atoms with Crippen LogP contribution in [0.4, 0.5) is 40.7 Å². The van der Waals surface area contributed by atoms with Crippen molar-refractivity contribution in [1.29, 1.82) is 0 Å². The van der Waals surface area contributed by atoms with Crippen LogP contribution in [0.3, 0.4) is 0 Å². The number of rotatable bonds is 6. The van der Waals surface area contributed by atoms with Crippen LogP contribution in [-0.4, -0.2) is 120 Å². The summed E-state index contributed by atoms with van der Waals surface area (Å²) in [5, 5.41) is -1.44. The van der Waals surface area contributed by atoms with E-state index in [2.05, 4.69) is 65.7 Å². The first kappa shape index (κ1) is 83.1. The van der Waals surface area contributed by atoms with Crippen molar-refractivity contribution in [3.8, 4) is 0 Å². The number of thiol groups is 1. The molecule has 0 bridgehead atoms. The Balaban J connectivity index is 0.000000246. The number of nitrogens with two attached hydrogens (primary N) is 2. The fourth-order valence-corrected chi connectivity index (χ4v) is 16.6. The number of carbonyl (C=O) groups excluding carboxylic acids is 3. The molecular weight excluding hydrogens is 1470 g/mol. The van der Waals surface area contributed by atoms with Gasteiger partial charge in [-0.15, -0.1) is 0 Å². The van der Waals surface area contributed by atoms with E-state index >= 15 is 0 Å². The van der Waals surface area contributed by atoms with Crippen molar-refractivity contribution in [1.82, 2.24) is 18.2 Å². The third-order valence-electron chi connectivity index (χ3n) is 14.9. The number of nitrogens with zero attached hydrogens (tertiary/aromatic N) is 7. The summed E-state index contributed by atoms with van der Waals surface area (Å²) in [6.45, 7) is 19.4. The van der Waals surface area contributed by atoms with Crippen LogP contribution in [0.2, 0.25) is 0 Å². The topological polar surface area (TPSA) is 314 Å². The summed E-state index contributed by atoms with van der Waals surface area (Å²) in [7, 11) is -4.01. The zero-order valence-electron chi connectivity index (χ0n) is 57.5. The predicted octanol–water partition coefficient (Wildman–Crippen LogP) is 12.9. The van der Waals surface area contributed by atoms with Crippen molar-refractivity contribution in [2.75, 3.05) is 21.1 Å². The summed E-state index contributed by atoms with van der Waals surface area (Å²) in [6.07, 6.45) is -3.04. The first-order valence-electron chi connectivity index (χ1n) is 30.1. The van der Waals surface area contributed by atoms with Crippen LogP contribution in [0.15, 0.2) is 163 Å². The van der Waals surface area contributed by atoms with Crippen molar-refractivity contribution < 1.29 is 84.9 Å². The molecule has 3 heterocycles. The van der Waals surface area contributed by atoms with Gasteiger partial charge in [-0.2, -0.15) is 0 Å². The number of guanidine groups is 3. The summed E-state index contributed by atoms with van der Waals surface area (Å²) in [5.74, 6) is -5.93. The van der Waals surface area contributed by atoms with Gasteiger partial charge in [0.05, 0.1) is 4.47 Å². The number of nitrogens with one attached hydrogen (secondary N) is 1. The van der Waals surface area contributed by atoms with Crippen molar-refractivity contribution in [2.45, 2.75) is 132 Å². The molecule has 0 aromatic heterocycles. The molecule has 1 radical (unpaired) electrons. The Labute approximate surface area is 598 Å². The van der Waals surface area contributed by atoms with Crippen LogP contribution < -0.4 is 16.8 Å². The van der Waals surface area contributed by atoms with E-state index in [1.807, 2.05) is 0 Å². The molecule has 3 aliphatic rings. The van der Waals surface area contributed by atoms with E-state index in [1.165, 1.54) is 54.0 Å². The van der Waals surface area contributed by atoms with Crippen molar-refractivity contribution in [3.05, 3.63) is 212 Å². The third kappa shape index (κ3) is 20.0. The van der Waals surface area contributed by atoms with Crippen LogP contribution >= 0.6 is 28.7 Å². The van der Waals surface area contributed by atoms with Crippen molar-refractivity contribution in [2.24, 2.45) is 30.7 Å². The summed E-state index contributed by atoms with van der Waals surface area (Å²) in [5.41, 5.74) is 5.51. The number of hydrogen-bond acceptors (Lipinski definition) is 20. The molecule has 1 amide bonds. The molecule has 6 atom stereocenters. The molecular formula is C66H77BBrF6N10O13S4. The quantitative estimate of drug-likeness (QED) is 0.0229. The molecule has 0 spiro atoms. The Kier molecular flexibility index (Phi) is 26.5. The molecule has 101 heavy (non-hydrogen) atoms. The number of benzene rings is 6. The Morgan fingerprint density at radius 1 is 0.505 bits per heavy atom. The molecule has 0 fully saturated rings. The number of hydrogen-bond donors (Lipinski definition) is 4. The van der Waals surface area contributed by atoms with Gasteiger partial charge in [0.15, 0.2) is 0 Å². The molecule has 35 heteroatoms. The first-order chi connectivity index (χ1) is 46.4. The number of halogens is 7. The molecule has 6 aromatic carbocycles. The van der Waals surface area contributed by atoms with E-state index < -0.39 is 133 Å². The average molecular weight is 1550 g/mol. The Bertz CT molecular complexity index is 4460. The van der Waals surface area contributed by atoms with Gasteiger partial charge >= 0.3 is 43.2 Å². The summed E-state index contributed by atoms with van der Waals surface area (Å²) in [6, 6.07) is 32.7. The number of carbonyl (C=O) groups is 3. The van der Waals surface area contributed by atoms with Gasteiger partial charge in [-0.1, -0.05) is 103 Å². The molecule has 9 rings (SSSR count). The van der Waals surface area contributed by atoms with Crippen molar-refractivity contribution in [3.63, 3.8) is 0 Å². The Morgan fingerprint density at radius 2 is 0.812 bits per heavy atom. The first-order valence-corrected chi connectivity index (χ1v) is 35.8. The Morgan fingerprint density at radius 3 is 1.14 bits per heavy atom. The number of sulfonamides is 3. The van der Waals surface area contributed by atoms with Crippen LogP contribution in [0.5, 0.6) is 0 Å². The van der Waals surface area contributed by atoms with Gasteiger partial charge in [0.1, 0.15) is 84.1 Å². The van der Waals surface area contributed by atoms with Gasteiger partial charge in [0.25, 0.3) is 0 Å². The molecule has 0 aliphatic carbocycles. The van der Waals surface area contributed by atoms with E-state index in [9.17, 15) is 66.0 Å². The van der Waals surface area contributed by atoms with Gasteiger partial charge in [-0.3, -0.25) is 5.32 Å². The predicted molar refractivity (Wildman–Crippen MR) is 377 cm³/mol. The second kappa shape index (κ2) is 32.2. The second-order valence-corrected chi connectivity index (χ2v) is 33.2. The van der Waals surface area contributed by atoms with E-state index in [-0.39, 0.29) is 39.0 Å². The SMILES string of the molecule is CC(C)(C)OC(=O)OC(=O)OC(C)(C)C.CN1C(N)=N[C@](C)(c2cc(Br)c(F)cc2F)[C@@H](c2ccccc2)S1(=O)=O.CN1C(N)=N[C@](C)(c2ccc(F)cc2F)[C@@H](c2ccccc2)S1(=O)=O.CN1C(NC(=O)OC(C)(C)C)=N[C@](C)(c2ccc(F)cc2F)[C@@H](c2ccccc2)S1(=O)=O.[B]=NS. The standard InChI is InChI=1S/C22H25F2N3O4S.C17H16BrF2N3O2S.C17H17F2N3O2S.C10H18O5.BHNS/c1-21(2,3)31-20(28)25-19-26-22(4,16-12-11-15(23)13-17(16)24)18(32(29,30)27(19)5)14-9-7-6-8-10-14;1-17(11-8-12(18)14(20)9-13(11)19)15(10-6-4-3-5-7-10)26(24,25)23(2)16(21)22-17;1-17(13-9-8-12(18)10-14(13)19)15(11-6-4-3-5-7-11)25(23,24)22(2)16(20)21-17;1-9(2,3)14-7(11)13-8(12)15-10(4,5)6;1-2-3/h6-13,18H,1-5H3,(H,25,26,28);3-9,15H,1-2H3,(H2,21,22);3-10,15H,1-2H3,(H2,20,21);1-6H3;3H/t18-,22-;2*15-,17-;;/m111../s1. The molecule has 0 unspecified atom stereocenters. The summed E-state index contributed by atoms with van der Waals surface area (Å²) in [4.78, 5) is 47.4. The van der Waals surface area contributed by atoms with Gasteiger partial charge in [-0.05, 0) is 134 Å². The van der Waals surface area contributed by atoms with E-state index in [1.54, 1.807) is 153 Å². The van der Waals surface area contributed by atoms with Gasteiger partial charge in [-0.25, -0.2) is 93.9 Å². The number of ether oxygens (including phenoxy) is 4. The van der Waals surface area contributed by atoms with Crippen LogP contribution in [0, 0.1) is 34.9 Å². The zero-order valence-corrected chi connectivity index (χ0v) is 62.4. The molecule has 5 N–H and O–H groups in total. The molecule has 0 saturated carbocycles. The van der Waals surface area contributed by atoms with E-state index in [0.717, 1.165) is 31.1 Å².